The highest BCUT2D eigenvalue weighted by molar-refractivity contribution is 5.85. The predicted octanol–water partition coefficient (Wildman–Crippen LogP) is 3.92. The first-order valence-electron chi connectivity index (χ1n) is 5.70. The summed E-state index contributed by atoms with van der Waals surface area (Å²) in [5.74, 6) is 0. The first-order valence-corrected chi connectivity index (χ1v) is 5.70. The lowest BCUT2D eigenvalue weighted by molar-refractivity contribution is -0.142. The summed E-state index contributed by atoms with van der Waals surface area (Å²) in [5, 5.41) is 9.49. The zero-order valence-corrected chi connectivity index (χ0v) is 11.6. The van der Waals surface area contributed by atoms with E-state index in [0.717, 1.165) is 0 Å². The minimum atomic E-state index is -4.84. The summed E-state index contributed by atoms with van der Waals surface area (Å²) in [6.45, 7) is 1.46. The smallest absolute Gasteiger partial charge is 0.391 e. The molecule has 1 aromatic rings. The fourth-order valence-electron chi connectivity index (χ4n) is 1.73. The molecule has 21 heavy (non-hydrogen) atoms. The Morgan fingerprint density at radius 3 is 2.00 bits per heavy atom. The van der Waals surface area contributed by atoms with E-state index in [4.69, 9.17) is 5.73 Å². The molecule has 0 spiro atoms. The number of alkyl halides is 6. The fourth-order valence-corrected chi connectivity index (χ4v) is 1.73. The lowest BCUT2D eigenvalue weighted by atomic mass is 9.93. The molecule has 0 unspecified atom stereocenters. The maximum Gasteiger partial charge on any atom is 0.416 e. The number of halogens is 7. The van der Waals surface area contributed by atoms with Crippen LogP contribution < -0.4 is 5.73 Å². The molecular formula is C12H14ClF6NO. The number of nitrogens with two attached hydrogens (primary N) is 1. The van der Waals surface area contributed by atoms with Gasteiger partial charge < -0.3 is 10.8 Å². The van der Waals surface area contributed by atoms with Crippen molar-refractivity contribution in [3.63, 3.8) is 0 Å². The van der Waals surface area contributed by atoms with E-state index >= 15 is 0 Å². The molecule has 0 amide bonds. The minimum absolute atomic E-state index is 0. The Hall–Kier alpha value is -0.990. The summed E-state index contributed by atoms with van der Waals surface area (Å²) < 4.78 is 76.0. The van der Waals surface area contributed by atoms with Gasteiger partial charge in [-0.1, -0.05) is 6.92 Å². The van der Waals surface area contributed by atoms with Crippen LogP contribution in [0.15, 0.2) is 18.2 Å². The predicted molar refractivity (Wildman–Crippen MR) is 66.9 cm³/mol. The van der Waals surface area contributed by atoms with Crippen LogP contribution >= 0.6 is 12.4 Å². The Kier molecular flexibility index (Phi) is 6.52. The molecule has 0 aliphatic heterocycles. The Morgan fingerprint density at radius 1 is 1.10 bits per heavy atom. The molecule has 9 heteroatoms. The van der Waals surface area contributed by atoms with Gasteiger partial charge in [-0.3, -0.25) is 0 Å². The van der Waals surface area contributed by atoms with Gasteiger partial charge in [0.05, 0.1) is 23.3 Å². The van der Waals surface area contributed by atoms with E-state index in [1.807, 2.05) is 0 Å². The van der Waals surface area contributed by atoms with Gasteiger partial charge in [0.1, 0.15) is 0 Å². The van der Waals surface area contributed by atoms with Crippen molar-refractivity contribution in [1.29, 1.82) is 0 Å². The topological polar surface area (TPSA) is 46.2 Å². The molecule has 122 valence electrons. The van der Waals surface area contributed by atoms with Crippen molar-refractivity contribution in [2.75, 3.05) is 0 Å². The van der Waals surface area contributed by atoms with Crippen molar-refractivity contribution in [1.82, 2.24) is 0 Å². The van der Waals surface area contributed by atoms with Crippen LogP contribution in [0.2, 0.25) is 0 Å². The molecule has 0 fully saturated rings. The fraction of sp³-hybridized carbons (Fsp3) is 0.500. The molecular weight excluding hydrogens is 324 g/mol. The number of aliphatic hydroxyl groups is 1. The molecule has 0 saturated heterocycles. The zero-order chi connectivity index (χ0) is 15.7. The van der Waals surface area contributed by atoms with Gasteiger partial charge in [0.2, 0.25) is 0 Å². The van der Waals surface area contributed by atoms with Crippen LogP contribution in [0, 0.1) is 0 Å². The SMILES string of the molecule is CC[C@H](O)[C@H](N)c1cc(C(F)(F)F)ccc1C(F)(F)F.Cl. The zero-order valence-electron chi connectivity index (χ0n) is 10.8. The van der Waals surface area contributed by atoms with Crippen LogP contribution in [-0.4, -0.2) is 11.2 Å². The average Bonchev–Trinajstić information content (AvgIpc) is 2.34. The van der Waals surface area contributed by atoms with Gasteiger partial charge in [0.15, 0.2) is 0 Å². The summed E-state index contributed by atoms with van der Waals surface area (Å²) in [4.78, 5) is 0. The monoisotopic (exact) mass is 337 g/mol. The maximum absolute atomic E-state index is 12.8. The quantitative estimate of drug-likeness (QED) is 0.821. The van der Waals surface area contributed by atoms with Crippen molar-refractivity contribution >= 4 is 12.4 Å². The highest BCUT2D eigenvalue weighted by atomic mass is 35.5. The highest BCUT2D eigenvalue weighted by Gasteiger charge is 2.38. The summed E-state index contributed by atoms with van der Waals surface area (Å²) in [6.07, 6.45) is -11.0. The molecule has 3 N–H and O–H groups in total. The van der Waals surface area contributed by atoms with E-state index in [-0.39, 0.29) is 18.8 Å². The molecule has 0 bridgehead atoms. The lowest BCUT2D eigenvalue weighted by Gasteiger charge is -2.23. The largest absolute Gasteiger partial charge is 0.416 e. The van der Waals surface area contributed by atoms with Gasteiger partial charge in [0.25, 0.3) is 0 Å². The van der Waals surface area contributed by atoms with E-state index in [1.165, 1.54) is 6.92 Å². The number of hydrogen-bond donors (Lipinski definition) is 2. The van der Waals surface area contributed by atoms with Crippen molar-refractivity contribution in [3.8, 4) is 0 Å². The summed E-state index contributed by atoms with van der Waals surface area (Å²) in [5.41, 5.74) is 2.17. The highest BCUT2D eigenvalue weighted by Crippen LogP contribution is 2.38. The van der Waals surface area contributed by atoms with Crippen LogP contribution in [0.1, 0.15) is 36.1 Å². The third kappa shape index (κ3) is 4.76. The van der Waals surface area contributed by atoms with E-state index in [2.05, 4.69) is 0 Å². The van der Waals surface area contributed by atoms with Crippen LogP contribution in [0.3, 0.4) is 0 Å². The molecule has 0 heterocycles. The van der Waals surface area contributed by atoms with Crippen LogP contribution in [-0.2, 0) is 12.4 Å². The summed E-state index contributed by atoms with van der Waals surface area (Å²) in [7, 11) is 0. The maximum atomic E-state index is 12.8. The number of aliphatic hydroxyl groups excluding tert-OH is 1. The van der Waals surface area contributed by atoms with Crippen LogP contribution in [0.25, 0.3) is 0 Å². The molecule has 2 atom stereocenters. The van der Waals surface area contributed by atoms with Crippen molar-refractivity contribution in [2.24, 2.45) is 5.73 Å². The molecule has 0 radical (unpaired) electrons. The van der Waals surface area contributed by atoms with Crippen molar-refractivity contribution in [3.05, 3.63) is 34.9 Å². The molecule has 0 aromatic heterocycles. The summed E-state index contributed by atoms with van der Waals surface area (Å²) in [6, 6.07) is -0.525. The Bertz CT molecular complexity index is 474. The lowest BCUT2D eigenvalue weighted by Crippen LogP contribution is -2.28. The van der Waals surface area contributed by atoms with Gasteiger partial charge in [-0.25, -0.2) is 0 Å². The van der Waals surface area contributed by atoms with Crippen LogP contribution in [0.4, 0.5) is 26.3 Å². The Labute approximate surface area is 123 Å². The van der Waals surface area contributed by atoms with Gasteiger partial charge in [0, 0.05) is 0 Å². The van der Waals surface area contributed by atoms with Crippen molar-refractivity contribution < 1.29 is 31.4 Å². The van der Waals surface area contributed by atoms with E-state index in [9.17, 15) is 31.4 Å². The first kappa shape index (κ1) is 20.0. The number of rotatable bonds is 3. The normalized spacial score (nSPS) is 15.3. The molecule has 0 saturated carbocycles. The molecule has 2 nitrogen and oxygen atoms in total. The Balaban J connectivity index is 0.00000400. The van der Waals surface area contributed by atoms with Gasteiger partial charge in [-0.2, -0.15) is 26.3 Å². The molecule has 0 aliphatic rings. The van der Waals surface area contributed by atoms with E-state index in [0.29, 0.717) is 18.2 Å². The molecule has 1 aromatic carbocycles. The van der Waals surface area contributed by atoms with Crippen LogP contribution in [0.5, 0.6) is 0 Å². The molecule has 0 aliphatic carbocycles. The third-order valence-corrected chi connectivity index (χ3v) is 2.88. The second-order valence-corrected chi connectivity index (χ2v) is 4.30. The number of hydrogen-bond acceptors (Lipinski definition) is 2. The summed E-state index contributed by atoms with van der Waals surface area (Å²) >= 11 is 0. The third-order valence-electron chi connectivity index (χ3n) is 2.88. The van der Waals surface area contributed by atoms with Crippen molar-refractivity contribution in [2.45, 2.75) is 37.8 Å². The van der Waals surface area contributed by atoms with Gasteiger partial charge >= 0.3 is 12.4 Å². The molecule has 1 rings (SSSR count). The minimum Gasteiger partial charge on any atom is -0.391 e. The second-order valence-electron chi connectivity index (χ2n) is 4.30. The average molecular weight is 338 g/mol. The van der Waals surface area contributed by atoms with Gasteiger partial charge in [-0.15, -0.1) is 12.4 Å². The Morgan fingerprint density at radius 2 is 1.62 bits per heavy atom. The van der Waals surface area contributed by atoms with E-state index < -0.39 is 41.2 Å². The number of benzene rings is 1. The van der Waals surface area contributed by atoms with Gasteiger partial charge in [-0.05, 0) is 30.2 Å². The standard InChI is InChI=1S/C12H13F6NO.ClH/c1-2-9(20)10(19)7-5-6(11(13,14)15)3-4-8(7)12(16,17)18;/h3-5,9-10,20H,2,19H2,1H3;1H/t9-,10+;/m0./s1. The second kappa shape index (κ2) is 6.85. The first-order chi connectivity index (χ1) is 8.98. The van der Waals surface area contributed by atoms with E-state index in [1.54, 1.807) is 0 Å².